The van der Waals surface area contributed by atoms with Crippen LogP contribution in [0.25, 0.3) is 0 Å². The number of hydrogen-bond donors (Lipinski definition) is 2. The third-order valence-electron chi connectivity index (χ3n) is 1.59. The molecular weight excluding hydrogens is 206 g/mol. The van der Waals surface area contributed by atoms with E-state index < -0.39 is 26.9 Å². The summed E-state index contributed by atoms with van der Waals surface area (Å²) in [5.41, 5.74) is -0.423. The van der Waals surface area contributed by atoms with Crippen LogP contribution in [-0.2, 0) is 14.6 Å². The number of rotatable bonds is 5. The summed E-state index contributed by atoms with van der Waals surface area (Å²) in [6.45, 7) is 3.74. The van der Waals surface area contributed by atoms with E-state index in [0.717, 1.165) is 6.26 Å². The molecule has 0 aliphatic heterocycles. The Bertz CT molecular complexity index is 294. The second kappa shape index (κ2) is 4.75. The maximum atomic E-state index is 11.0. The minimum Gasteiger partial charge on any atom is -0.396 e. The van der Waals surface area contributed by atoms with Gasteiger partial charge in [0.15, 0.2) is 9.84 Å². The largest absolute Gasteiger partial charge is 0.396 e. The van der Waals surface area contributed by atoms with Crippen molar-refractivity contribution in [1.29, 1.82) is 0 Å². The molecule has 0 aromatic rings. The van der Waals surface area contributed by atoms with E-state index in [2.05, 4.69) is 5.32 Å². The molecule has 6 heteroatoms. The van der Waals surface area contributed by atoms with Gasteiger partial charge in [-0.15, -0.1) is 0 Å². The smallest absolute Gasteiger partial charge is 0.235 e. The minimum atomic E-state index is -3.27. The highest BCUT2D eigenvalue weighted by Gasteiger charge is 2.18. The Morgan fingerprint density at radius 2 is 1.93 bits per heavy atom. The Morgan fingerprint density at radius 3 is 2.29 bits per heavy atom. The fourth-order valence-corrected chi connectivity index (χ4v) is 1.26. The number of hydrogen-bond acceptors (Lipinski definition) is 4. The predicted octanol–water partition coefficient (Wildman–Crippen LogP) is -0.834. The van der Waals surface area contributed by atoms with Gasteiger partial charge in [-0.1, -0.05) is 13.8 Å². The quantitative estimate of drug-likeness (QED) is 0.637. The first-order valence-electron chi connectivity index (χ1n) is 4.21. The summed E-state index contributed by atoms with van der Waals surface area (Å²) >= 11 is 0. The van der Waals surface area contributed by atoms with Crippen molar-refractivity contribution in [3.63, 3.8) is 0 Å². The standard InChI is InChI=1S/C8H17NO4S/c1-8(2,6-10)5-9-7(11)4-14(3,12)13/h10H,4-6H2,1-3H3,(H,9,11). The summed E-state index contributed by atoms with van der Waals surface area (Å²) in [6, 6.07) is 0. The molecular formula is C8H17NO4S. The van der Waals surface area contributed by atoms with Crippen molar-refractivity contribution in [2.24, 2.45) is 5.41 Å². The normalized spacial score (nSPS) is 12.6. The molecule has 84 valence electrons. The van der Waals surface area contributed by atoms with Gasteiger partial charge in [-0.3, -0.25) is 4.79 Å². The lowest BCUT2D eigenvalue weighted by Gasteiger charge is -2.21. The Hall–Kier alpha value is -0.620. The molecule has 14 heavy (non-hydrogen) atoms. The van der Waals surface area contributed by atoms with Gasteiger partial charge in [0.05, 0.1) is 0 Å². The van der Waals surface area contributed by atoms with E-state index >= 15 is 0 Å². The molecule has 0 spiro atoms. The third kappa shape index (κ3) is 6.85. The van der Waals surface area contributed by atoms with Gasteiger partial charge in [0.25, 0.3) is 0 Å². The van der Waals surface area contributed by atoms with Gasteiger partial charge in [-0.05, 0) is 0 Å². The van der Waals surface area contributed by atoms with E-state index in [9.17, 15) is 13.2 Å². The molecule has 0 radical (unpaired) electrons. The summed E-state index contributed by atoms with van der Waals surface area (Å²) in [4.78, 5) is 11.0. The first-order chi connectivity index (χ1) is 6.16. The van der Waals surface area contributed by atoms with Gasteiger partial charge in [0.2, 0.25) is 5.91 Å². The summed E-state index contributed by atoms with van der Waals surface area (Å²) in [6.07, 6.45) is 1.00. The minimum absolute atomic E-state index is 0.0633. The molecule has 0 aliphatic carbocycles. The van der Waals surface area contributed by atoms with Crippen molar-refractivity contribution in [2.75, 3.05) is 25.2 Å². The zero-order valence-electron chi connectivity index (χ0n) is 8.70. The van der Waals surface area contributed by atoms with Crippen molar-refractivity contribution in [3.05, 3.63) is 0 Å². The number of nitrogens with one attached hydrogen (secondary N) is 1. The van der Waals surface area contributed by atoms with Crippen molar-refractivity contribution >= 4 is 15.7 Å². The van der Waals surface area contributed by atoms with E-state index in [1.165, 1.54) is 0 Å². The van der Waals surface area contributed by atoms with Gasteiger partial charge >= 0.3 is 0 Å². The molecule has 0 saturated carbocycles. The van der Waals surface area contributed by atoms with Crippen LogP contribution in [0.2, 0.25) is 0 Å². The average Bonchev–Trinajstić information content (AvgIpc) is 1.98. The average molecular weight is 223 g/mol. The lowest BCUT2D eigenvalue weighted by atomic mass is 9.95. The van der Waals surface area contributed by atoms with Crippen LogP contribution in [0.5, 0.6) is 0 Å². The number of amides is 1. The molecule has 5 nitrogen and oxygen atoms in total. The number of aliphatic hydroxyl groups excluding tert-OH is 1. The zero-order chi connectivity index (χ0) is 11.4. The molecule has 1 amide bonds. The number of carbonyl (C=O) groups is 1. The van der Waals surface area contributed by atoms with Gasteiger partial charge < -0.3 is 10.4 Å². The Labute approximate surface area is 84.4 Å². The van der Waals surface area contributed by atoms with E-state index in [1.807, 2.05) is 0 Å². The molecule has 0 rings (SSSR count). The first kappa shape index (κ1) is 13.4. The van der Waals surface area contributed by atoms with Crippen LogP contribution in [0.3, 0.4) is 0 Å². The van der Waals surface area contributed by atoms with Crippen LogP contribution >= 0.6 is 0 Å². The van der Waals surface area contributed by atoms with Gasteiger partial charge in [-0.25, -0.2) is 8.42 Å². The van der Waals surface area contributed by atoms with Gasteiger partial charge in [0, 0.05) is 24.8 Å². The third-order valence-corrected chi connectivity index (χ3v) is 2.37. The SMILES string of the molecule is CC(C)(CO)CNC(=O)CS(C)(=O)=O. The van der Waals surface area contributed by atoms with Gasteiger partial charge in [-0.2, -0.15) is 0 Å². The molecule has 0 bridgehead atoms. The summed E-state index contributed by atoms with van der Waals surface area (Å²) in [5.74, 6) is -1.04. The molecule has 0 unspecified atom stereocenters. The molecule has 0 heterocycles. The first-order valence-corrected chi connectivity index (χ1v) is 6.28. The summed E-state index contributed by atoms with van der Waals surface area (Å²) < 4.78 is 21.5. The molecule has 2 N–H and O–H groups in total. The van der Waals surface area contributed by atoms with Crippen LogP contribution in [0.4, 0.5) is 0 Å². The maximum Gasteiger partial charge on any atom is 0.235 e. The van der Waals surface area contributed by atoms with Crippen LogP contribution in [0, 0.1) is 5.41 Å². The van der Waals surface area contributed by atoms with Crippen LogP contribution in [-0.4, -0.2) is 44.6 Å². The lowest BCUT2D eigenvalue weighted by Crippen LogP contribution is -2.38. The van der Waals surface area contributed by atoms with Crippen molar-refractivity contribution in [1.82, 2.24) is 5.32 Å². The molecule has 0 aliphatic rings. The van der Waals surface area contributed by atoms with E-state index in [0.29, 0.717) is 0 Å². The van der Waals surface area contributed by atoms with Gasteiger partial charge in [0.1, 0.15) is 5.75 Å². The van der Waals surface area contributed by atoms with Crippen LogP contribution in [0.15, 0.2) is 0 Å². The Balaban J connectivity index is 3.99. The van der Waals surface area contributed by atoms with E-state index in [4.69, 9.17) is 5.11 Å². The maximum absolute atomic E-state index is 11.0. The number of carbonyl (C=O) groups excluding carboxylic acids is 1. The topological polar surface area (TPSA) is 83.5 Å². The fourth-order valence-electron chi connectivity index (χ4n) is 0.683. The van der Waals surface area contributed by atoms with Crippen molar-refractivity contribution in [2.45, 2.75) is 13.8 Å². The highest BCUT2D eigenvalue weighted by Crippen LogP contribution is 2.10. The Morgan fingerprint density at radius 1 is 1.43 bits per heavy atom. The highest BCUT2D eigenvalue weighted by atomic mass is 32.2. The molecule has 0 atom stereocenters. The van der Waals surface area contributed by atoms with Crippen LogP contribution < -0.4 is 5.32 Å². The number of aliphatic hydroxyl groups is 1. The fraction of sp³-hybridized carbons (Fsp3) is 0.875. The summed E-state index contributed by atoms with van der Waals surface area (Å²) in [5, 5.41) is 11.3. The summed E-state index contributed by atoms with van der Waals surface area (Å²) in [7, 11) is -3.27. The van der Waals surface area contributed by atoms with E-state index in [-0.39, 0.29) is 13.2 Å². The molecule has 0 fully saturated rings. The molecule has 0 saturated heterocycles. The monoisotopic (exact) mass is 223 g/mol. The van der Waals surface area contributed by atoms with Crippen molar-refractivity contribution < 1.29 is 18.3 Å². The molecule has 0 aromatic carbocycles. The second-order valence-electron chi connectivity index (χ2n) is 4.17. The highest BCUT2D eigenvalue weighted by molar-refractivity contribution is 7.91. The predicted molar refractivity (Wildman–Crippen MR) is 53.6 cm³/mol. The Kier molecular flexibility index (Phi) is 4.54. The number of sulfone groups is 1. The molecule has 0 aromatic heterocycles. The lowest BCUT2D eigenvalue weighted by molar-refractivity contribution is -0.119. The van der Waals surface area contributed by atoms with Crippen LogP contribution in [0.1, 0.15) is 13.8 Å². The second-order valence-corrected chi connectivity index (χ2v) is 6.31. The van der Waals surface area contributed by atoms with E-state index in [1.54, 1.807) is 13.8 Å². The van der Waals surface area contributed by atoms with Crippen molar-refractivity contribution in [3.8, 4) is 0 Å². The zero-order valence-corrected chi connectivity index (χ0v) is 9.52.